The highest BCUT2D eigenvalue weighted by Crippen LogP contribution is 2.23. The van der Waals surface area contributed by atoms with Gasteiger partial charge in [0, 0.05) is 24.6 Å². The standard InChI is InChI=1S/C16H24N4S/c1-5-17-15-12(4)16(20-14(19-15)11(2)3)18-8-6-13-7-9-21-10-13/h7,9-11H,5-6,8H2,1-4H3,(H2,17,18,19,20). The van der Waals surface area contributed by atoms with Crippen molar-refractivity contribution in [2.75, 3.05) is 23.7 Å². The van der Waals surface area contributed by atoms with Crippen molar-refractivity contribution in [3.63, 3.8) is 0 Å². The first-order chi connectivity index (χ1) is 10.1. The molecule has 0 bridgehead atoms. The maximum atomic E-state index is 4.67. The van der Waals surface area contributed by atoms with E-state index in [4.69, 9.17) is 0 Å². The van der Waals surface area contributed by atoms with Crippen LogP contribution < -0.4 is 10.6 Å². The first-order valence-electron chi connectivity index (χ1n) is 7.49. The Hall–Kier alpha value is -1.62. The average molecular weight is 304 g/mol. The minimum absolute atomic E-state index is 0.320. The number of aromatic nitrogens is 2. The van der Waals surface area contributed by atoms with Crippen LogP contribution in [0.5, 0.6) is 0 Å². The molecule has 2 aromatic rings. The van der Waals surface area contributed by atoms with E-state index in [1.54, 1.807) is 11.3 Å². The van der Waals surface area contributed by atoms with Crippen molar-refractivity contribution >= 4 is 23.0 Å². The maximum absolute atomic E-state index is 4.67. The van der Waals surface area contributed by atoms with Gasteiger partial charge < -0.3 is 10.6 Å². The zero-order valence-corrected chi connectivity index (χ0v) is 14.0. The lowest BCUT2D eigenvalue weighted by Gasteiger charge is -2.15. The molecular weight excluding hydrogens is 280 g/mol. The Balaban J connectivity index is 2.12. The smallest absolute Gasteiger partial charge is 0.135 e. The van der Waals surface area contributed by atoms with Crippen LogP contribution in [0.3, 0.4) is 0 Å². The van der Waals surface area contributed by atoms with Crippen LogP contribution in [0.4, 0.5) is 11.6 Å². The summed E-state index contributed by atoms with van der Waals surface area (Å²) in [5.41, 5.74) is 2.46. The molecule has 2 N–H and O–H groups in total. The molecule has 0 atom stereocenters. The van der Waals surface area contributed by atoms with Crippen LogP contribution in [0, 0.1) is 6.92 Å². The van der Waals surface area contributed by atoms with Gasteiger partial charge in [-0.15, -0.1) is 0 Å². The normalized spacial score (nSPS) is 10.9. The highest BCUT2D eigenvalue weighted by atomic mass is 32.1. The number of hydrogen-bond acceptors (Lipinski definition) is 5. The quantitative estimate of drug-likeness (QED) is 0.810. The molecule has 0 spiro atoms. The fourth-order valence-electron chi connectivity index (χ4n) is 2.06. The Morgan fingerprint density at radius 3 is 2.48 bits per heavy atom. The molecule has 21 heavy (non-hydrogen) atoms. The van der Waals surface area contributed by atoms with Gasteiger partial charge in [0.25, 0.3) is 0 Å². The highest BCUT2D eigenvalue weighted by Gasteiger charge is 2.12. The molecule has 2 aromatic heterocycles. The summed E-state index contributed by atoms with van der Waals surface area (Å²) in [5.74, 6) is 3.09. The maximum Gasteiger partial charge on any atom is 0.135 e. The van der Waals surface area contributed by atoms with Gasteiger partial charge >= 0.3 is 0 Å². The SMILES string of the molecule is CCNc1nc(C(C)C)nc(NCCc2ccsc2)c1C. The van der Waals surface area contributed by atoms with Crippen molar-refractivity contribution in [1.82, 2.24) is 9.97 Å². The molecule has 0 aromatic carbocycles. The zero-order valence-electron chi connectivity index (χ0n) is 13.2. The van der Waals surface area contributed by atoms with Crippen LogP contribution in [0.25, 0.3) is 0 Å². The van der Waals surface area contributed by atoms with Crippen molar-refractivity contribution in [3.8, 4) is 0 Å². The van der Waals surface area contributed by atoms with Gasteiger partial charge in [0.15, 0.2) is 0 Å². The third-order valence-corrected chi connectivity index (χ3v) is 4.04. The number of nitrogens with zero attached hydrogens (tertiary/aromatic N) is 2. The van der Waals surface area contributed by atoms with Crippen LogP contribution in [-0.2, 0) is 6.42 Å². The van der Waals surface area contributed by atoms with Crippen LogP contribution in [0.1, 0.15) is 43.6 Å². The Kier molecular flexibility index (Phi) is 5.56. The summed E-state index contributed by atoms with van der Waals surface area (Å²) in [5, 5.41) is 11.1. The molecule has 114 valence electrons. The van der Waals surface area contributed by atoms with Crippen LogP contribution in [0.2, 0.25) is 0 Å². The third-order valence-electron chi connectivity index (χ3n) is 3.31. The summed E-state index contributed by atoms with van der Waals surface area (Å²) in [4.78, 5) is 9.29. The highest BCUT2D eigenvalue weighted by molar-refractivity contribution is 7.07. The van der Waals surface area contributed by atoms with Gasteiger partial charge in [-0.25, -0.2) is 9.97 Å². The summed E-state index contributed by atoms with van der Waals surface area (Å²) >= 11 is 1.74. The summed E-state index contributed by atoms with van der Waals surface area (Å²) < 4.78 is 0. The van der Waals surface area contributed by atoms with E-state index in [1.807, 2.05) is 0 Å². The molecule has 0 aliphatic heterocycles. The van der Waals surface area contributed by atoms with Crippen LogP contribution >= 0.6 is 11.3 Å². The molecule has 0 saturated carbocycles. The van der Waals surface area contributed by atoms with Crippen LogP contribution in [-0.4, -0.2) is 23.1 Å². The minimum atomic E-state index is 0.320. The first-order valence-corrected chi connectivity index (χ1v) is 8.43. The van der Waals surface area contributed by atoms with Gasteiger partial charge in [0.05, 0.1) is 0 Å². The molecule has 0 amide bonds. The third kappa shape index (κ3) is 4.17. The number of nitrogens with one attached hydrogen (secondary N) is 2. The van der Waals surface area contributed by atoms with E-state index in [-0.39, 0.29) is 0 Å². The van der Waals surface area contributed by atoms with Gasteiger partial charge in [-0.1, -0.05) is 13.8 Å². The summed E-state index contributed by atoms with van der Waals surface area (Å²) in [6.07, 6.45) is 1.01. The van der Waals surface area contributed by atoms with E-state index in [2.05, 4.69) is 65.1 Å². The zero-order chi connectivity index (χ0) is 15.2. The summed E-state index contributed by atoms with van der Waals surface area (Å²) in [7, 11) is 0. The van der Waals surface area contributed by atoms with E-state index in [1.165, 1.54) is 5.56 Å². The number of thiophene rings is 1. The summed E-state index contributed by atoms with van der Waals surface area (Å²) in [6, 6.07) is 2.17. The largest absolute Gasteiger partial charge is 0.370 e. The fourth-order valence-corrected chi connectivity index (χ4v) is 2.77. The van der Waals surface area contributed by atoms with Crippen LogP contribution in [0.15, 0.2) is 16.8 Å². The molecule has 2 heterocycles. The number of anilines is 2. The van der Waals surface area contributed by atoms with Gasteiger partial charge in [-0.3, -0.25) is 0 Å². The monoisotopic (exact) mass is 304 g/mol. The van der Waals surface area contributed by atoms with Gasteiger partial charge in [0.2, 0.25) is 0 Å². The van der Waals surface area contributed by atoms with E-state index in [0.717, 1.165) is 42.5 Å². The van der Waals surface area contributed by atoms with E-state index in [0.29, 0.717) is 5.92 Å². The number of rotatable bonds is 7. The average Bonchev–Trinajstić information content (AvgIpc) is 2.96. The van der Waals surface area contributed by atoms with E-state index >= 15 is 0 Å². The Morgan fingerprint density at radius 2 is 1.90 bits per heavy atom. The van der Waals surface area contributed by atoms with Gasteiger partial charge in [-0.2, -0.15) is 11.3 Å². The minimum Gasteiger partial charge on any atom is -0.370 e. The lowest BCUT2D eigenvalue weighted by Crippen LogP contribution is -2.13. The van der Waals surface area contributed by atoms with Crippen molar-refractivity contribution in [2.45, 2.75) is 40.0 Å². The van der Waals surface area contributed by atoms with Crippen molar-refractivity contribution < 1.29 is 0 Å². The lowest BCUT2D eigenvalue weighted by atomic mass is 10.2. The van der Waals surface area contributed by atoms with Gasteiger partial charge in [0.1, 0.15) is 17.5 Å². The molecule has 0 aliphatic rings. The second kappa shape index (κ2) is 7.41. The van der Waals surface area contributed by atoms with E-state index < -0.39 is 0 Å². The predicted molar refractivity (Wildman–Crippen MR) is 91.5 cm³/mol. The molecule has 5 heteroatoms. The lowest BCUT2D eigenvalue weighted by molar-refractivity contribution is 0.772. The molecule has 0 saturated heterocycles. The van der Waals surface area contributed by atoms with Crippen molar-refractivity contribution in [2.24, 2.45) is 0 Å². The number of hydrogen-bond donors (Lipinski definition) is 2. The molecule has 4 nitrogen and oxygen atoms in total. The molecular formula is C16H24N4S. The van der Waals surface area contributed by atoms with Crippen molar-refractivity contribution in [1.29, 1.82) is 0 Å². The first kappa shape index (κ1) is 15.8. The Bertz CT molecular complexity index is 564. The molecule has 2 rings (SSSR count). The second-order valence-corrected chi connectivity index (χ2v) is 6.18. The van der Waals surface area contributed by atoms with Crippen molar-refractivity contribution in [3.05, 3.63) is 33.8 Å². The Labute approximate surface area is 131 Å². The fraction of sp³-hybridized carbons (Fsp3) is 0.500. The Morgan fingerprint density at radius 1 is 1.19 bits per heavy atom. The topological polar surface area (TPSA) is 49.8 Å². The molecule has 0 unspecified atom stereocenters. The molecule has 0 aliphatic carbocycles. The summed E-state index contributed by atoms with van der Waals surface area (Å²) in [6.45, 7) is 10.1. The van der Waals surface area contributed by atoms with E-state index in [9.17, 15) is 0 Å². The molecule has 0 fully saturated rings. The predicted octanol–water partition coefficient (Wildman–Crippen LogP) is 4.06. The second-order valence-electron chi connectivity index (χ2n) is 5.40. The van der Waals surface area contributed by atoms with Gasteiger partial charge in [-0.05, 0) is 42.7 Å². The molecule has 0 radical (unpaired) electrons.